The number of nitrogens with one attached hydrogen (secondary N) is 2. The molecule has 1 fully saturated rings. The molecule has 6 nitrogen and oxygen atoms in total. The number of pyridine rings is 1. The predicted molar refractivity (Wildman–Crippen MR) is 100 cm³/mol. The molecule has 2 amide bonds. The Bertz CT molecular complexity index is 849. The minimum atomic E-state index is -0.144. The topological polar surface area (TPSA) is 74.3 Å². The van der Waals surface area contributed by atoms with Crippen LogP contribution in [0.3, 0.4) is 0 Å². The van der Waals surface area contributed by atoms with E-state index in [4.69, 9.17) is 11.6 Å². The van der Waals surface area contributed by atoms with Crippen molar-refractivity contribution in [1.29, 1.82) is 0 Å². The molecule has 134 valence electrons. The lowest BCUT2D eigenvalue weighted by Gasteiger charge is -2.30. The van der Waals surface area contributed by atoms with Crippen LogP contribution in [0, 0.1) is 0 Å². The molecular weight excluding hydrogens is 352 g/mol. The lowest BCUT2D eigenvalue weighted by molar-refractivity contribution is -0.117. The van der Waals surface area contributed by atoms with Crippen LogP contribution < -0.4 is 15.5 Å². The van der Waals surface area contributed by atoms with Crippen LogP contribution in [-0.4, -0.2) is 29.4 Å². The fourth-order valence-corrected chi connectivity index (χ4v) is 3.20. The second kappa shape index (κ2) is 6.96. The van der Waals surface area contributed by atoms with Crippen LogP contribution >= 0.6 is 11.6 Å². The maximum atomic E-state index is 12.5. The lowest BCUT2D eigenvalue weighted by Crippen LogP contribution is -2.41. The first-order chi connectivity index (χ1) is 12.6. The van der Waals surface area contributed by atoms with E-state index in [1.807, 2.05) is 12.1 Å². The van der Waals surface area contributed by atoms with E-state index in [-0.39, 0.29) is 24.4 Å². The van der Waals surface area contributed by atoms with Crippen LogP contribution in [0.5, 0.6) is 0 Å². The largest absolute Gasteiger partial charge is 0.359 e. The number of anilines is 2. The van der Waals surface area contributed by atoms with Gasteiger partial charge in [-0.2, -0.15) is 0 Å². The quantitative estimate of drug-likeness (QED) is 0.867. The summed E-state index contributed by atoms with van der Waals surface area (Å²) in [5.41, 5.74) is 2.05. The van der Waals surface area contributed by atoms with E-state index in [0.29, 0.717) is 28.6 Å². The summed E-state index contributed by atoms with van der Waals surface area (Å²) in [6.45, 7) is 0.585. The Morgan fingerprint density at radius 2 is 2.08 bits per heavy atom. The van der Waals surface area contributed by atoms with Gasteiger partial charge in [-0.25, -0.2) is 4.98 Å². The summed E-state index contributed by atoms with van der Waals surface area (Å²) in [4.78, 5) is 30.9. The molecule has 0 saturated heterocycles. The van der Waals surface area contributed by atoms with E-state index in [0.717, 1.165) is 24.8 Å². The van der Waals surface area contributed by atoms with Gasteiger partial charge in [-0.3, -0.25) is 9.59 Å². The number of fused-ring (bicyclic) bond motifs is 1. The number of benzene rings is 1. The highest BCUT2D eigenvalue weighted by Gasteiger charge is 2.27. The summed E-state index contributed by atoms with van der Waals surface area (Å²) in [5, 5.41) is 6.67. The van der Waals surface area contributed by atoms with Crippen molar-refractivity contribution in [2.24, 2.45) is 0 Å². The van der Waals surface area contributed by atoms with Crippen molar-refractivity contribution in [3.8, 4) is 0 Å². The molecule has 2 aromatic rings. The Labute approximate surface area is 156 Å². The number of hydrogen-bond acceptors (Lipinski definition) is 4. The standard InChI is InChI=1S/C19H19ClN4O2/c20-14-6-4-12(5-7-14)11-24-16-8-13(19(26)23-15-2-1-3-15)9-21-18(16)22-10-17(24)25/h4-9,15H,1-3,10-11H2,(H,21,22)(H,23,26). The first-order valence-electron chi connectivity index (χ1n) is 8.70. The molecule has 1 aliphatic heterocycles. The number of carbonyl (C=O) groups is 2. The van der Waals surface area contributed by atoms with Crippen molar-refractivity contribution >= 4 is 34.9 Å². The van der Waals surface area contributed by atoms with Crippen molar-refractivity contribution in [3.05, 3.63) is 52.7 Å². The molecule has 0 unspecified atom stereocenters. The van der Waals surface area contributed by atoms with Crippen LogP contribution in [0.1, 0.15) is 35.2 Å². The molecule has 1 aromatic heterocycles. The second-order valence-corrected chi connectivity index (χ2v) is 7.09. The Morgan fingerprint density at radius 3 is 2.77 bits per heavy atom. The maximum Gasteiger partial charge on any atom is 0.253 e. The molecule has 0 spiro atoms. The van der Waals surface area contributed by atoms with Crippen molar-refractivity contribution in [2.75, 3.05) is 16.8 Å². The van der Waals surface area contributed by atoms with Crippen molar-refractivity contribution in [1.82, 2.24) is 10.3 Å². The third-order valence-electron chi connectivity index (χ3n) is 4.82. The van der Waals surface area contributed by atoms with Crippen LogP contribution in [0.4, 0.5) is 11.5 Å². The van der Waals surface area contributed by atoms with Gasteiger partial charge in [-0.1, -0.05) is 23.7 Å². The number of aromatic nitrogens is 1. The SMILES string of the molecule is O=C(NC1CCC1)c1cnc2c(c1)N(Cc1ccc(Cl)cc1)C(=O)CN2. The molecule has 1 aliphatic carbocycles. The zero-order valence-electron chi connectivity index (χ0n) is 14.2. The van der Waals surface area contributed by atoms with Gasteiger partial charge in [0.1, 0.15) is 0 Å². The van der Waals surface area contributed by atoms with Gasteiger partial charge >= 0.3 is 0 Å². The molecule has 2 N–H and O–H groups in total. The number of amides is 2. The van der Waals surface area contributed by atoms with Gasteiger partial charge in [0.15, 0.2) is 5.82 Å². The number of hydrogen-bond donors (Lipinski definition) is 2. The van der Waals surface area contributed by atoms with E-state index >= 15 is 0 Å². The number of nitrogens with zero attached hydrogens (tertiary/aromatic N) is 2. The average Bonchev–Trinajstić information content (AvgIpc) is 2.61. The maximum absolute atomic E-state index is 12.5. The third-order valence-corrected chi connectivity index (χ3v) is 5.07. The summed E-state index contributed by atoms with van der Waals surface area (Å²) in [6, 6.07) is 9.35. The van der Waals surface area contributed by atoms with Gasteiger partial charge in [-0.15, -0.1) is 0 Å². The van der Waals surface area contributed by atoms with Crippen LogP contribution in [0.15, 0.2) is 36.5 Å². The zero-order chi connectivity index (χ0) is 18.1. The second-order valence-electron chi connectivity index (χ2n) is 6.65. The molecule has 26 heavy (non-hydrogen) atoms. The summed E-state index contributed by atoms with van der Waals surface area (Å²) in [5.74, 6) is 0.402. The first-order valence-corrected chi connectivity index (χ1v) is 9.07. The Morgan fingerprint density at radius 1 is 1.31 bits per heavy atom. The first kappa shape index (κ1) is 16.8. The van der Waals surface area contributed by atoms with E-state index in [1.54, 1.807) is 29.3 Å². The molecule has 1 saturated carbocycles. The Balaban J connectivity index is 1.60. The van der Waals surface area contributed by atoms with Crippen LogP contribution in [0.2, 0.25) is 5.02 Å². The van der Waals surface area contributed by atoms with Gasteiger partial charge in [0, 0.05) is 17.3 Å². The number of carbonyl (C=O) groups excluding carboxylic acids is 2. The average molecular weight is 371 g/mol. The smallest absolute Gasteiger partial charge is 0.253 e. The normalized spacial score (nSPS) is 16.5. The van der Waals surface area contributed by atoms with Crippen LogP contribution in [-0.2, 0) is 11.3 Å². The third kappa shape index (κ3) is 3.37. The molecule has 4 rings (SSSR count). The minimum Gasteiger partial charge on any atom is -0.359 e. The van der Waals surface area contributed by atoms with Crippen LogP contribution in [0.25, 0.3) is 0 Å². The van der Waals surface area contributed by atoms with E-state index in [9.17, 15) is 9.59 Å². The van der Waals surface area contributed by atoms with Crippen molar-refractivity contribution in [2.45, 2.75) is 31.8 Å². The fourth-order valence-electron chi connectivity index (χ4n) is 3.08. The molecule has 1 aromatic carbocycles. The van der Waals surface area contributed by atoms with E-state index < -0.39 is 0 Å². The highest BCUT2D eigenvalue weighted by Crippen LogP contribution is 2.30. The van der Waals surface area contributed by atoms with Gasteiger partial charge in [-0.05, 0) is 43.0 Å². The molecular formula is C19H19ClN4O2. The zero-order valence-corrected chi connectivity index (χ0v) is 14.9. The summed E-state index contributed by atoms with van der Waals surface area (Å²) >= 11 is 5.93. The van der Waals surface area contributed by atoms with Gasteiger partial charge in [0.2, 0.25) is 5.91 Å². The minimum absolute atomic E-state index is 0.0641. The molecule has 7 heteroatoms. The summed E-state index contributed by atoms with van der Waals surface area (Å²) in [6.07, 6.45) is 4.75. The fraction of sp³-hybridized carbons (Fsp3) is 0.316. The predicted octanol–water partition coefficient (Wildman–Crippen LogP) is 2.98. The Kier molecular flexibility index (Phi) is 4.51. The van der Waals surface area contributed by atoms with Gasteiger partial charge < -0.3 is 15.5 Å². The van der Waals surface area contributed by atoms with E-state index in [1.165, 1.54) is 0 Å². The van der Waals surface area contributed by atoms with Crippen molar-refractivity contribution < 1.29 is 9.59 Å². The van der Waals surface area contributed by atoms with Gasteiger partial charge in [0.05, 0.1) is 24.3 Å². The van der Waals surface area contributed by atoms with Gasteiger partial charge in [0.25, 0.3) is 5.91 Å². The number of rotatable bonds is 4. The molecule has 2 heterocycles. The summed E-state index contributed by atoms with van der Waals surface area (Å²) in [7, 11) is 0. The monoisotopic (exact) mass is 370 g/mol. The molecule has 0 bridgehead atoms. The van der Waals surface area contributed by atoms with E-state index in [2.05, 4.69) is 15.6 Å². The lowest BCUT2D eigenvalue weighted by atomic mass is 9.93. The molecule has 0 radical (unpaired) electrons. The molecule has 2 aliphatic rings. The highest BCUT2D eigenvalue weighted by atomic mass is 35.5. The molecule has 0 atom stereocenters. The highest BCUT2D eigenvalue weighted by molar-refractivity contribution is 6.30. The summed E-state index contributed by atoms with van der Waals surface area (Å²) < 4.78 is 0. The Hall–Kier alpha value is -2.60. The van der Waals surface area contributed by atoms with Crippen molar-refractivity contribution in [3.63, 3.8) is 0 Å². The number of halogens is 1.